The van der Waals surface area contributed by atoms with Crippen LogP contribution in [0.2, 0.25) is 0 Å². The molecule has 100 valence electrons. The SMILES string of the molecule is Fc1ccc(CNc2cnc3ccccc3n2)cc1F. The van der Waals surface area contributed by atoms with Crippen molar-refractivity contribution >= 4 is 16.9 Å². The molecule has 0 aliphatic rings. The van der Waals surface area contributed by atoms with Crippen LogP contribution in [0.5, 0.6) is 0 Å². The van der Waals surface area contributed by atoms with Gasteiger partial charge in [-0.2, -0.15) is 0 Å². The number of halogens is 2. The number of nitrogens with zero attached hydrogens (tertiary/aromatic N) is 2. The Bertz CT molecular complexity index is 759. The van der Waals surface area contributed by atoms with E-state index in [9.17, 15) is 8.78 Å². The quantitative estimate of drug-likeness (QED) is 0.792. The maximum absolute atomic E-state index is 13.1. The number of anilines is 1. The van der Waals surface area contributed by atoms with E-state index in [1.54, 1.807) is 6.20 Å². The Labute approximate surface area is 114 Å². The largest absolute Gasteiger partial charge is 0.365 e. The lowest BCUT2D eigenvalue weighted by atomic mass is 10.2. The van der Waals surface area contributed by atoms with Gasteiger partial charge in [0.05, 0.1) is 17.2 Å². The van der Waals surface area contributed by atoms with Crippen LogP contribution in [0.1, 0.15) is 5.56 Å². The Hall–Kier alpha value is -2.56. The third-order valence-corrected chi connectivity index (χ3v) is 2.91. The summed E-state index contributed by atoms with van der Waals surface area (Å²) < 4.78 is 25.9. The fraction of sp³-hybridized carbons (Fsp3) is 0.0667. The van der Waals surface area contributed by atoms with E-state index in [0.717, 1.165) is 23.2 Å². The number of aromatic nitrogens is 2. The van der Waals surface area contributed by atoms with Crippen LogP contribution < -0.4 is 5.32 Å². The van der Waals surface area contributed by atoms with E-state index in [0.29, 0.717) is 17.9 Å². The first-order valence-corrected chi connectivity index (χ1v) is 6.12. The average molecular weight is 271 g/mol. The predicted molar refractivity (Wildman–Crippen MR) is 73.2 cm³/mol. The minimum Gasteiger partial charge on any atom is -0.365 e. The van der Waals surface area contributed by atoms with Crippen LogP contribution in [0.3, 0.4) is 0 Å². The molecule has 1 N–H and O–H groups in total. The molecule has 2 aromatic carbocycles. The summed E-state index contributed by atoms with van der Waals surface area (Å²) in [7, 11) is 0. The van der Waals surface area contributed by atoms with Crippen LogP contribution in [-0.2, 0) is 6.54 Å². The lowest BCUT2D eigenvalue weighted by Crippen LogP contribution is -2.03. The van der Waals surface area contributed by atoms with Crippen LogP contribution in [0.25, 0.3) is 11.0 Å². The lowest BCUT2D eigenvalue weighted by molar-refractivity contribution is 0.507. The molecule has 20 heavy (non-hydrogen) atoms. The zero-order valence-electron chi connectivity index (χ0n) is 10.5. The van der Waals surface area contributed by atoms with Crippen LogP contribution in [0, 0.1) is 11.6 Å². The lowest BCUT2D eigenvalue weighted by Gasteiger charge is -2.06. The summed E-state index contributed by atoms with van der Waals surface area (Å²) in [5, 5.41) is 3.04. The molecule has 1 aromatic heterocycles. The Morgan fingerprint density at radius 2 is 1.75 bits per heavy atom. The summed E-state index contributed by atoms with van der Waals surface area (Å²) in [5.74, 6) is -1.11. The molecule has 0 aliphatic carbocycles. The molecule has 0 amide bonds. The topological polar surface area (TPSA) is 37.8 Å². The zero-order chi connectivity index (χ0) is 13.9. The molecule has 3 rings (SSSR count). The van der Waals surface area contributed by atoms with Crippen molar-refractivity contribution in [2.24, 2.45) is 0 Å². The number of hydrogen-bond donors (Lipinski definition) is 1. The minimum atomic E-state index is -0.853. The van der Waals surface area contributed by atoms with Gasteiger partial charge in [-0.25, -0.2) is 13.8 Å². The fourth-order valence-corrected chi connectivity index (χ4v) is 1.88. The van der Waals surface area contributed by atoms with Gasteiger partial charge in [0.2, 0.25) is 0 Å². The molecular formula is C15H11F2N3. The second-order valence-corrected chi connectivity index (χ2v) is 4.35. The van der Waals surface area contributed by atoms with Gasteiger partial charge in [-0.05, 0) is 29.8 Å². The molecule has 0 atom stereocenters. The van der Waals surface area contributed by atoms with E-state index in [4.69, 9.17) is 0 Å². The van der Waals surface area contributed by atoms with E-state index < -0.39 is 11.6 Å². The van der Waals surface area contributed by atoms with E-state index in [1.807, 2.05) is 24.3 Å². The van der Waals surface area contributed by atoms with Gasteiger partial charge in [-0.15, -0.1) is 0 Å². The number of benzene rings is 2. The number of hydrogen-bond acceptors (Lipinski definition) is 3. The highest BCUT2D eigenvalue weighted by Crippen LogP contribution is 2.13. The minimum absolute atomic E-state index is 0.351. The van der Waals surface area contributed by atoms with Gasteiger partial charge in [0.25, 0.3) is 0 Å². The second kappa shape index (κ2) is 5.21. The van der Waals surface area contributed by atoms with Crippen molar-refractivity contribution in [1.82, 2.24) is 9.97 Å². The predicted octanol–water partition coefficient (Wildman–Crippen LogP) is 3.52. The molecule has 0 bridgehead atoms. The number of rotatable bonds is 3. The van der Waals surface area contributed by atoms with Crippen LogP contribution in [-0.4, -0.2) is 9.97 Å². The summed E-state index contributed by atoms with van der Waals surface area (Å²) in [6.07, 6.45) is 1.61. The molecule has 5 heteroatoms. The van der Waals surface area contributed by atoms with E-state index in [2.05, 4.69) is 15.3 Å². The van der Waals surface area contributed by atoms with Gasteiger partial charge < -0.3 is 5.32 Å². The normalized spacial score (nSPS) is 10.7. The molecule has 0 saturated carbocycles. The Morgan fingerprint density at radius 3 is 2.55 bits per heavy atom. The molecule has 0 unspecified atom stereocenters. The smallest absolute Gasteiger partial charge is 0.159 e. The third-order valence-electron chi connectivity index (χ3n) is 2.91. The van der Waals surface area contributed by atoms with Crippen molar-refractivity contribution in [2.75, 3.05) is 5.32 Å². The van der Waals surface area contributed by atoms with Crippen LogP contribution >= 0.6 is 0 Å². The van der Waals surface area contributed by atoms with Crippen molar-refractivity contribution in [3.8, 4) is 0 Å². The van der Waals surface area contributed by atoms with Crippen molar-refractivity contribution < 1.29 is 8.78 Å². The van der Waals surface area contributed by atoms with Crippen molar-refractivity contribution in [3.05, 3.63) is 65.9 Å². The molecule has 3 nitrogen and oxygen atoms in total. The molecule has 0 fully saturated rings. The maximum Gasteiger partial charge on any atom is 0.159 e. The highest BCUT2D eigenvalue weighted by molar-refractivity contribution is 5.75. The first kappa shape index (κ1) is 12.5. The molecule has 0 aliphatic heterocycles. The maximum atomic E-state index is 13.1. The van der Waals surface area contributed by atoms with Crippen LogP contribution in [0.4, 0.5) is 14.6 Å². The zero-order valence-corrected chi connectivity index (χ0v) is 10.5. The average Bonchev–Trinajstić information content (AvgIpc) is 2.48. The highest BCUT2D eigenvalue weighted by Gasteiger charge is 2.03. The fourth-order valence-electron chi connectivity index (χ4n) is 1.88. The molecule has 0 saturated heterocycles. The van der Waals surface area contributed by atoms with Crippen molar-refractivity contribution in [2.45, 2.75) is 6.54 Å². The number of para-hydroxylation sites is 2. The molecule has 0 radical (unpaired) electrons. The summed E-state index contributed by atoms with van der Waals surface area (Å²) in [6.45, 7) is 0.351. The molecule has 1 heterocycles. The van der Waals surface area contributed by atoms with Crippen molar-refractivity contribution in [3.63, 3.8) is 0 Å². The van der Waals surface area contributed by atoms with E-state index in [-0.39, 0.29) is 0 Å². The van der Waals surface area contributed by atoms with Crippen LogP contribution in [0.15, 0.2) is 48.7 Å². The first-order valence-electron chi connectivity index (χ1n) is 6.12. The Morgan fingerprint density at radius 1 is 0.950 bits per heavy atom. The number of fused-ring (bicyclic) bond motifs is 1. The van der Waals surface area contributed by atoms with Gasteiger partial charge in [0.1, 0.15) is 5.82 Å². The summed E-state index contributed by atoms with van der Waals surface area (Å²) in [5.41, 5.74) is 2.23. The van der Waals surface area contributed by atoms with Crippen molar-refractivity contribution in [1.29, 1.82) is 0 Å². The number of nitrogens with one attached hydrogen (secondary N) is 1. The Balaban J connectivity index is 1.77. The molecule has 3 aromatic rings. The van der Waals surface area contributed by atoms with Gasteiger partial charge in [0, 0.05) is 6.54 Å². The first-order chi connectivity index (χ1) is 9.72. The molecule has 0 spiro atoms. The standard InChI is InChI=1S/C15H11F2N3/c16-11-6-5-10(7-12(11)17)8-19-15-9-18-13-3-1-2-4-14(13)20-15/h1-7,9H,8H2,(H,19,20). The second-order valence-electron chi connectivity index (χ2n) is 4.35. The van der Waals surface area contributed by atoms with E-state index >= 15 is 0 Å². The summed E-state index contributed by atoms with van der Waals surface area (Å²) in [4.78, 5) is 8.65. The van der Waals surface area contributed by atoms with Gasteiger partial charge in [0.15, 0.2) is 11.6 Å². The van der Waals surface area contributed by atoms with Gasteiger partial charge >= 0.3 is 0 Å². The Kier molecular flexibility index (Phi) is 3.25. The third kappa shape index (κ3) is 2.56. The molecular weight excluding hydrogens is 260 g/mol. The van der Waals surface area contributed by atoms with Gasteiger partial charge in [-0.3, -0.25) is 4.98 Å². The monoisotopic (exact) mass is 271 g/mol. The summed E-state index contributed by atoms with van der Waals surface area (Å²) in [6, 6.07) is 11.3. The highest BCUT2D eigenvalue weighted by atomic mass is 19.2. The van der Waals surface area contributed by atoms with E-state index in [1.165, 1.54) is 6.07 Å². The van der Waals surface area contributed by atoms with Gasteiger partial charge in [-0.1, -0.05) is 18.2 Å². The summed E-state index contributed by atoms with van der Waals surface area (Å²) >= 11 is 0.